The van der Waals surface area contributed by atoms with E-state index in [0.717, 1.165) is 41.3 Å². The summed E-state index contributed by atoms with van der Waals surface area (Å²) in [7, 11) is 3.32. The molecule has 1 atom stereocenters. The number of ether oxygens (including phenoxy) is 2. The van der Waals surface area contributed by atoms with Crippen molar-refractivity contribution in [3.63, 3.8) is 0 Å². The molecule has 3 rings (SSSR count). The maximum atomic E-state index is 12.9. The van der Waals surface area contributed by atoms with Gasteiger partial charge in [0.05, 0.1) is 26.0 Å². The fraction of sp³-hybridized carbons (Fsp3) is 0.409. The summed E-state index contributed by atoms with van der Waals surface area (Å²) in [6.45, 7) is 5.00. The van der Waals surface area contributed by atoms with Crippen LogP contribution in [0.1, 0.15) is 35.6 Å². The van der Waals surface area contributed by atoms with Gasteiger partial charge in [-0.25, -0.2) is 0 Å². The molecule has 1 amide bonds. The highest BCUT2D eigenvalue weighted by Crippen LogP contribution is 2.39. The molecule has 0 aliphatic carbocycles. The number of thioether (sulfide) groups is 1. The number of amides is 1. The lowest BCUT2D eigenvalue weighted by molar-refractivity contribution is -0.129. The van der Waals surface area contributed by atoms with Crippen molar-refractivity contribution in [2.45, 2.75) is 37.6 Å². The molecule has 1 saturated heterocycles. The van der Waals surface area contributed by atoms with Crippen LogP contribution in [-0.2, 0) is 4.79 Å². The number of aryl methyl sites for hydroxylation is 2. The van der Waals surface area contributed by atoms with E-state index in [1.807, 2.05) is 23.1 Å². The number of nitrogens with zero attached hydrogens (tertiary/aromatic N) is 1. The third kappa shape index (κ3) is 4.41. The van der Waals surface area contributed by atoms with Gasteiger partial charge in [0.2, 0.25) is 5.91 Å². The van der Waals surface area contributed by atoms with Gasteiger partial charge in [0.25, 0.3) is 0 Å². The van der Waals surface area contributed by atoms with Gasteiger partial charge in [-0.2, -0.15) is 0 Å². The quantitative estimate of drug-likeness (QED) is 0.671. The number of benzene rings is 2. The fourth-order valence-electron chi connectivity index (χ4n) is 3.52. The Balaban J connectivity index is 1.74. The van der Waals surface area contributed by atoms with E-state index >= 15 is 0 Å². The van der Waals surface area contributed by atoms with Crippen LogP contribution in [-0.4, -0.2) is 37.3 Å². The Hall–Kier alpha value is -2.14. The summed E-state index contributed by atoms with van der Waals surface area (Å²) >= 11 is 1.61. The van der Waals surface area contributed by atoms with Crippen LogP contribution in [0.25, 0.3) is 0 Å². The highest BCUT2D eigenvalue weighted by Gasteiger charge is 2.32. The second-order valence-electron chi connectivity index (χ2n) is 6.89. The summed E-state index contributed by atoms with van der Waals surface area (Å²) in [4.78, 5) is 16.1. The molecule has 0 spiro atoms. The molecule has 0 aromatic heterocycles. The highest BCUT2D eigenvalue weighted by atomic mass is 32.2. The first-order chi connectivity index (χ1) is 13.0. The van der Waals surface area contributed by atoms with E-state index in [2.05, 4.69) is 32.0 Å². The smallest absolute Gasteiger partial charge is 0.233 e. The first kappa shape index (κ1) is 19.6. The van der Waals surface area contributed by atoms with E-state index in [1.54, 1.807) is 26.0 Å². The van der Waals surface area contributed by atoms with E-state index in [4.69, 9.17) is 9.47 Å². The summed E-state index contributed by atoms with van der Waals surface area (Å²) in [5, 5.41) is 0. The molecule has 0 bridgehead atoms. The molecule has 2 aromatic rings. The molecule has 5 heteroatoms. The lowest BCUT2D eigenvalue weighted by atomic mass is 10.0. The van der Waals surface area contributed by atoms with Crippen molar-refractivity contribution in [1.29, 1.82) is 0 Å². The van der Waals surface area contributed by atoms with Crippen molar-refractivity contribution in [3.05, 3.63) is 53.1 Å². The van der Waals surface area contributed by atoms with Crippen molar-refractivity contribution in [3.8, 4) is 11.5 Å². The molecule has 0 radical (unpaired) electrons. The SMILES string of the molecule is COc1ccc(OC)c([C@@H]2CCCN2C(=O)CSc2ccc(C)c(C)c2)c1. The van der Waals surface area contributed by atoms with Gasteiger partial charge in [-0.1, -0.05) is 6.07 Å². The Morgan fingerprint density at radius 3 is 2.63 bits per heavy atom. The second-order valence-corrected chi connectivity index (χ2v) is 7.94. The monoisotopic (exact) mass is 385 g/mol. The van der Waals surface area contributed by atoms with Gasteiger partial charge in [-0.3, -0.25) is 4.79 Å². The lowest BCUT2D eigenvalue weighted by Crippen LogP contribution is -2.32. The van der Waals surface area contributed by atoms with Gasteiger partial charge in [0, 0.05) is 17.0 Å². The number of methoxy groups -OCH3 is 2. The minimum atomic E-state index is 0.0444. The number of carbonyl (C=O) groups is 1. The van der Waals surface area contributed by atoms with Crippen LogP contribution in [0.3, 0.4) is 0 Å². The van der Waals surface area contributed by atoms with E-state index in [1.165, 1.54) is 11.1 Å². The van der Waals surface area contributed by atoms with Crippen molar-refractivity contribution >= 4 is 17.7 Å². The van der Waals surface area contributed by atoms with Gasteiger partial charge >= 0.3 is 0 Å². The third-order valence-corrected chi connectivity index (χ3v) is 6.19. The highest BCUT2D eigenvalue weighted by molar-refractivity contribution is 8.00. The van der Waals surface area contributed by atoms with Crippen LogP contribution in [0.15, 0.2) is 41.3 Å². The maximum absolute atomic E-state index is 12.9. The van der Waals surface area contributed by atoms with Gasteiger partial charge in [0.15, 0.2) is 0 Å². The fourth-order valence-corrected chi connectivity index (χ4v) is 4.40. The predicted molar refractivity (Wildman–Crippen MR) is 110 cm³/mol. The largest absolute Gasteiger partial charge is 0.497 e. The zero-order chi connectivity index (χ0) is 19.4. The molecule has 1 fully saturated rings. The van der Waals surface area contributed by atoms with Crippen LogP contribution < -0.4 is 9.47 Å². The Labute approximate surface area is 165 Å². The van der Waals surface area contributed by atoms with Crippen LogP contribution >= 0.6 is 11.8 Å². The molecule has 0 unspecified atom stereocenters. The van der Waals surface area contributed by atoms with Crippen LogP contribution in [0, 0.1) is 13.8 Å². The van der Waals surface area contributed by atoms with Gasteiger partial charge < -0.3 is 14.4 Å². The molecular weight excluding hydrogens is 358 g/mol. The minimum Gasteiger partial charge on any atom is -0.497 e. The molecule has 27 heavy (non-hydrogen) atoms. The number of rotatable bonds is 6. The first-order valence-corrected chi connectivity index (χ1v) is 10.2. The molecule has 144 valence electrons. The topological polar surface area (TPSA) is 38.8 Å². The third-order valence-electron chi connectivity index (χ3n) is 5.21. The molecule has 2 aromatic carbocycles. The average Bonchev–Trinajstić information content (AvgIpc) is 3.17. The number of hydrogen-bond donors (Lipinski definition) is 0. The summed E-state index contributed by atoms with van der Waals surface area (Å²) in [6, 6.07) is 12.2. The van der Waals surface area contributed by atoms with Gasteiger partial charge in [-0.05, 0) is 68.1 Å². The molecule has 0 N–H and O–H groups in total. The van der Waals surface area contributed by atoms with E-state index in [-0.39, 0.29) is 11.9 Å². The van der Waals surface area contributed by atoms with Crippen molar-refractivity contribution in [1.82, 2.24) is 4.90 Å². The van der Waals surface area contributed by atoms with Crippen molar-refractivity contribution in [2.24, 2.45) is 0 Å². The van der Waals surface area contributed by atoms with Crippen LogP contribution in [0.2, 0.25) is 0 Å². The standard InChI is InChI=1S/C22H27NO3S/c1-15-7-9-18(12-16(15)2)27-14-22(24)23-11-5-6-20(23)19-13-17(25-3)8-10-21(19)26-4/h7-10,12-13,20H,5-6,11,14H2,1-4H3/t20-/m0/s1. The summed E-state index contributed by atoms with van der Waals surface area (Å²) < 4.78 is 10.9. The van der Waals surface area contributed by atoms with E-state index in [0.29, 0.717) is 5.75 Å². The first-order valence-electron chi connectivity index (χ1n) is 9.25. The molecule has 1 heterocycles. The van der Waals surface area contributed by atoms with Crippen molar-refractivity contribution < 1.29 is 14.3 Å². The zero-order valence-electron chi connectivity index (χ0n) is 16.5. The molecule has 0 saturated carbocycles. The number of hydrogen-bond acceptors (Lipinski definition) is 4. The van der Waals surface area contributed by atoms with Gasteiger partial charge in [0.1, 0.15) is 11.5 Å². The predicted octanol–water partition coefficient (Wildman–Crippen LogP) is 4.78. The zero-order valence-corrected chi connectivity index (χ0v) is 17.3. The van der Waals surface area contributed by atoms with Crippen LogP contribution in [0.5, 0.6) is 11.5 Å². The average molecular weight is 386 g/mol. The molecular formula is C22H27NO3S. The Morgan fingerprint density at radius 1 is 1.11 bits per heavy atom. The minimum absolute atomic E-state index is 0.0444. The lowest BCUT2D eigenvalue weighted by Gasteiger charge is -2.26. The number of likely N-dealkylation sites (tertiary alicyclic amines) is 1. The molecule has 1 aliphatic rings. The molecule has 1 aliphatic heterocycles. The second kappa shape index (κ2) is 8.70. The van der Waals surface area contributed by atoms with E-state index < -0.39 is 0 Å². The van der Waals surface area contributed by atoms with Crippen molar-refractivity contribution in [2.75, 3.05) is 26.5 Å². The Kier molecular flexibility index (Phi) is 6.32. The normalized spacial score (nSPS) is 16.4. The number of carbonyl (C=O) groups excluding carboxylic acids is 1. The Bertz CT molecular complexity index is 821. The van der Waals surface area contributed by atoms with Gasteiger partial charge in [-0.15, -0.1) is 11.8 Å². The van der Waals surface area contributed by atoms with Crippen LogP contribution in [0.4, 0.5) is 0 Å². The molecule has 4 nitrogen and oxygen atoms in total. The maximum Gasteiger partial charge on any atom is 0.233 e. The summed E-state index contributed by atoms with van der Waals surface area (Å²) in [5.74, 6) is 2.22. The summed E-state index contributed by atoms with van der Waals surface area (Å²) in [5.41, 5.74) is 3.56. The Morgan fingerprint density at radius 2 is 1.93 bits per heavy atom. The summed E-state index contributed by atoms with van der Waals surface area (Å²) in [6.07, 6.45) is 1.95. The van der Waals surface area contributed by atoms with E-state index in [9.17, 15) is 4.79 Å².